The van der Waals surface area contributed by atoms with Gasteiger partial charge in [-0.15, -0.1) is 0 Å². The largest absolute Gasteiger partial charge is 0.370 e. The van der Waals surface area contributed by atoms with Gasteiger partial charge in [-0.05, 0) is 43.0 Å². The monoisotopic (exact) mass is 477 g/mol. The Morgan fingerprint density at radius 3 is 2.71 bits per heavy atom. The van der Waals surface area contributed by atoms with Crippen molar-refractivity contribution in [1.82, 2.24) is 14.8 Å². The zero-order chi connectivity index (χ0) is 25.2. The van der Waals surface area contributed by atoms with Crippen LogP contribution in [0.4, 0.5) is 5.69 Å². The number of morpholine rings is 1. The van der Waals surface area contributed by atoms with Gasteiger partial charge >= 0.3 is 0 Å². The summed E-state index contributed by atoms with van der Waals surface area (Å²) < 4.78 is 6.37. The molecule has 1 aromatic heterocycles. The van der Waals surface area contributed by atoms with E-state index < -0.39 is 0 Å². The summed E-state index contributed by atoms with van der Waals surface area (Å²) >= 11 is 0. The SMILES string of the molecule is CC[C@H]1CN(C[C@H]2CN(c3ccc(C#N)c4ncccc34)C[C@@H](C)O2)CCN1C(=O)CC(C)(C)C. The van der Waals surface area contributed by atoms with Crippen molar-refractivity contribution >= 4 is 22.5 Å². The van der Waals surface area contributed by atoms with Crippen LogP contribution in [0.2, 0.25) is 0 Å². The van der Waals surface area contributed by atoms with E-state index in [1.807, 2.05) is 24.3 Å². The minimum atomic E-state index is 0.00712. The van der Waals surface area contributed by atoms with E-state index >= 15 is 0 Å². The van der Waals surface area contributed by atoms with E-state index in [4.69, 9.17) is 4.74 Å². The lowest BCUT2D eigenvalue weighted by atomic mass is 9.91. The van der Waals surface area contributed by atoms with Crippen molar-refractivity contribution in [3.63, 3.8) is 0 Å². The highest BCUT2D eigenvalue weighted by Crippen LogP contribution is 2.31. The summed E-state index contributed by atoms with van der Waals surface area (Å²) in [4.78, 5) is 24.4. The highest BCUT2D eigenvalue weighted by molar-refractivity contribution is 5.95. The summed E-state index contributed by atoms with van der Waals surface area (Å²) in [5.74, 6) is 0.277. The number of aromatic nitrogens is 1. The highest BCUT2D eigenvalue weighted by atomic mass is 16.5. The van der Waals surface area contributed by atoms with Crippen molar-refractivity contribution in [2.24, 2.45) is 5.41 Å². The summed E-state index contributed by atoms with van der Waals surface area (Å²) in [6.07, 6.45) is 3.48. The topological polar surface area (TPSA) is 72.7 Å². The molecule has 188 valence electrons. The van der Waals surface area contributed by atoms with Crippen LogP contribution < -0.4 is 4.90 Å². The maximum absolute atomic E-state index is 12.9. The Kier molecular flexibility index (Phi) is 7.63. The molecule has 0 aliphatic carbocycles. The van der Waals surface area contributed by atoms with Crippen molar-refractivity contribution in [3.05, 3.63) is 36.0 Å². The fourth-order valence-corrected chi connectivity index (χ4v) is 5.47. The zero-order valence-corrected chi connectivity index (χ0v) is 21.8. The van der Waals surface area contributed by atoms with Crippen LogP contribution in [0, 0.1) is 16.7 Å². The molecule has 0 bridgehead atoms. The number of carbonyl (C=O) groups excluding carboxylic acids is 1. The number of benzene rings is 1. The van der Waals surface area contributed by atoms with Crippen molar-refractivity contribution in [1.29, 1.82) is 5.26 Å². The van der Waals surface area contributed by atoms with E-state index in [9.17, 15) is 10.1 Å². The number of amides is 1. The van der Waals surface area contributed by atoms with Crippen LogP contribution in [0.25, 0.3) is 10.9 Å². The van der Waals surface area contributed by atoms with Crippen LogP contribution in [0.5, 0.6) is 0 Å². The molecule has 1 amide bonds. The second-order valence-electron chi connectivity index (χ2n) is 11.3. The Morgan fingerprint density at radius 2 is 2.00 bits per heavy atom. The summed E-state index contributed by atoms with van der Waals surface area (Å²) in [5, 5.41) is 10.5. The Balaban J connectivity index is 1.45. The van der Waals surface area contributed by atoms with Crippen LogP contribution >= 0.6 is 0 Å². The molecule has 2 aromatic rings. The van der Waals surface area contributed by atoms with E-state index in [2.05, 4.69) is 60.4 Å². The number of hydrogen-bond donors (Lipinski definition) is 0. The highest BCUT2D eigenvalue weighted by Gasteiger charge is 2.34. The molecule has 2 fully saturated rings. The molecule has 2 saturated heterocycles. The van der Waals surface area contributed by atoms with Gasteiger partial charge in [0.15, 0.2) is 0 Å². The van der Waals surface area contributed by atoms with Gasteiger partial charge in [-0.25, -0.2) is 0 Å². The van der Waals surface area contributed by atoms with E-state index in [1.165, 1.54) is 0 Å². The van der Waals surface area contributed by atoms with Crippen LogP contribution in [-0.4, -0.2) is 78.2 Å². The van der Waals surface area contributed by atoms with Gasteiger partial charge in [0.1, 0.15) is 6.07 Å². The number of hydrogen-bond acceptors (Lipinski definition) is 6. The predicted octanol–water partition coefficient (Wildman–Crippen LogP) is 4.06. The van der Waals surface area contributed by atoms with E-state index in [-0.39, 0.29) is 29.6 Å². The minimum absolute atomic E-state index is 0.00712. The summed E-state index contributed by atoms with van der Waals surface area (Å²) in [6.45, 7) is 15.7. The number of pyridine rings is 1. The number of fused-ring (bicyclic) bond motifs is 1. The molecule has 3 atom stereocenters. The number of nitriles is 1. The molecule has 0 radical (unpaired) electrons. The molecule has 7 heteroatoms. The predicted molar refractivity (Wildman–Crippen MR) is 139 cm³/mol. The fourth-order valence-electron chi connectivity index (χ4n) is 5.47. The van der Waals surface area contributed by atoms with E-state index in [1.54, 1.807) is 6.20 Å². The molecule has 4 rings (SSSR count). The molecule has 35 heavy (non-hydrogen) atoms. The molecule has 7 nitrogen and oxygen atoms in total. The number of piperazine rings is 1. The second-order valence-corrected chi connectivity index (χ2v) is 11.3. The van der Waals surface area contributed by atoms with Gasteiger partial charge in [0.05, 0.1) is 23.3 Å². The molecule has 0 spiro atoms. The Labute approximate surface area is 209 Å². The molecule has 2 aliphatic heterocycles. The van der Waals surface area contributed by atoms with Crippen molar-refractivity contribution in [2.75, 3.05) is 44.2 Å². The second kappa shape index (κ2) is 10.5. The molecule has 0 unspecified atom stereocenters. The lowest BCUT2D eigenvalue weighted by Gasteiger charge is -2.45. The quantitative estimate of drug-likeness (QED) is 0.647. The Morgan fingerprint density at radius 1 is 1.20 bits per heavy atom. The number of rotatable bonds is 5. The van der Waals surface area contributed by atoms with Gasteiger partial charge in [-0.3, -0.25) is 14.7 Å². The van der Waals surface area contributed by atoms with Crippen LogP contribution in [0.3, 0.4) is 0 Å². The summed E-state index contributed by atoms with van der Waals surface area (Å²) in [7, 11) is 0. The first-order valence-electron chi connectivity index (χ1n) is 12.9. The van der Waals surface area contributed by atoms with Crippen LogP contribution in [0.15, 0.2) is 30.5 Å². The number of carbonyl (C=O) groups is 1. The summed E-state index contributed by atoms with van der Waals surface area (Å²) in [6, 6.07) is 10.4. The normalized spacial score (nSPS) is 23.9. The number of anilines is 1. The zero-order valence-electron chi connectivity index (χ0n) is 21.8. The molecule has 2 aliphatic rings. The molecule has 0 N–H and O–H groups in total. The lowest BCUT2D eigenvalue weighted by molar-refractivity contribution is -0.138. The molecule has 3 heterocycles. The van der Waals surface area contributed by atoms with Gasteiger partial charge in [-0.1, -0.05) is 27.7 Å². The standard InChI is InChI=1S/C28H39N5O2/c1-6-22-17-31(12-13-33(22)26(34)14-28(3,4)5)18-23-19-32(16-20(2)35-23)25-10-9-21(15-29)27-24(25)8-7-11-30-27/h7-11,20,22-23H,6,12-14,16-19H2,1-5H3/t20-,22+,23+/m1/s1. The Bertz CT molecular complexity index is 1090. The van der Waals surface area contributed by atoms with Crippen LogP contribution in [-0.2, 0) is 9.53 Å². The van der Waals surface area contributed by atoms with Crippen molar-refractivity contribution in [3.8, 4) is 6.07 Å². The maximum Gasteiger partial charge on any atom is 0.223 e. The molecular weight excluding hydrogens is 438 g/mol. The minimum Gasteiger partial charge on any atom is -0.370 e. The maximum atomic E-state index is 12.9. The molecular formula is C28H39N5O2. The third kappa shape index (κ3) is 5.94. The average Bonchev–Trinajstić information content (AvgIpc) is 2.81. The Hall–Kier alpha value is -2.69. The van der Waals surface area contributed by atoms with Crippen molar-refractivity contribution < 1.29 is 9.53 Å². The molecule has 0 saturated carbocycles. The smallest absolute Gasteiger partial charge is 0.223 e. The van der Waals surface area contributed by atoms with Gasteiger partial charge in [0.25, 0.3) is 0 Å². The number of ether oxygens (including phenoxy) is 1. The van der Waals surface area contributed by atoms with Gasteiger partial charge in [0, 0.05) is 69.0 Å². The first-order valence-corrected chi connectivity index (χ1v) is 12.9. The molecule has 1 aromatic carbocycles. The average molecular weight is 478 g/mol. The van der Waals surface area contributed by atoms with Crippen molar-refractivity contribution in [2.45, 2.75) is 65.7 Å². The van der Waals surface area contributed by atoms with Gasteiger partial charge in [-0.2, -0.15) is 5.26 Å². The third-order valence-electron chi connectivity index (χ3n) is 7.04. The van der Waals surface area contributed by atoms with Gasteiger partial charge < -0.3 is 14.5 Å². The first-order chi connectivity index (χ1) is 16.7. The van der Waals surface area contributed by atoms with Crippen LogP contribution in [0.1, 0.15) is 53.0 Å². The van der Waals surface area contributed by atoms with E-state index in [0.717, 1.165) is 62.3 Å². The lowest BCUT2D eigenvalue weighted by Crippen LogP contribution is -2.58. The first kappa shape index (κ1) is 25.4. The summed E-state index contributed by atoms with van der Waals surface area (Å²) in [5.41, 5.74) is 2.47. The third-order valence-corrected chi connectivity index (χ3v) is 7.04. The fraction of sp³-hybridized carbons (Fsp3) is 0.607. The number of nitrogens with zero attached hydrogens (tertiary/aromatic N) is 5. The van der Waals surface area contributed by atoms with E-state index in [0.29, 0.717) is 12.0 Å². The van der Waals surface area contributed by atoms with Gasteiger partial charge in [0.2, 0.25) is 5.91 Å².